The van der Waals surface area contributed by atoms with E-state index in [1.165, 1.54) is 24.2 Å². The van der Waals surface area contributed by atoms with Gasteiger partial charge in [-0.3, -0.25) is 14.6 Å². The van der Waals surface area contributed by atoms with Crippen LogP contribution in [0.5, 0.6) is 11.5 Å². The predicted octanol–water partition coefficient (Wildman–Crippen LogP) is 3.94. The molecule has 1 aliphatic carbocycles. The number of fused-ring (bicyclic) bond motifs is 1. The monoisotopic (exact) mass is 482 g/mol. The minimum Gasteiger partial charge on any atom is -0.493 e. The third-order valence-electron chi connectivity index (χ3n) is 6.90. The molecule has 0 spiro atoms. The van der Waals surface area contributed by atoms with Crippen LogP contribution in [0.25, 0.3) is 21.3 Å². The SMILES string of the molecule is COc1ccc(-c2csc3c(=O)[nH]c(N4CCCC(C(=O)NC5CCCC5)C4)nc23)cc1OC. The van der Waals surface area contributed by atoms with Crippen molar-refractivity contribution >= 4 is 33.4 Å². The number of carbonyl (C=O) groups is 1. The Bertz CT molecular complexity index is 1250. The summed E-state index contributed by atoms with van der Waals surface area (Å²) in [6.07, 6.45) is 6.27. The predicted molar refractivity (Wildman–Crippen MR) is 134 cm³/mol. The number of hydrogen-bond donors (Lipinski definition) is 2. The number of nitrogens with one attached hydrogen (secondary N) is 2. The van der Waals surface area contributed by atoms with E-state index in [0.717, 1.165) is 43.4 Å². The van der Waals surface area contributed by atoms with Crippen LogP contribution in [-0.4, -0.2) is 49.2 Å². The molecule has 3 aromatic rings. The maximum absolute atomic E-state index is 12.9. The van der Waals surface area contributed by atoms with E-state index < -0.39 is 0 Å². The van der Waals surface area contributed by atoms with Crippen LogP contribution >= 0.6 is 11.3 Å². The molecule has 2 N–H and O–H groups in total. The number of aromatic amines is 1. The van der Waals surface area contributed by atoms with Gasteiger partial charge in [0.1, 0.15) is 4.70 Å². The molecule has 180 valence electrons. The van der Waals surface area contributed by atoms with Crippen molar-refractivity contribution in [2.24, 2.45) is 5.92 Å². The number of anilines is 1. The second-order valence-corrected chi connectivity index (χ2v) is 9.94. The second kappa shape index (κ2) is 9.66. The van der Waals surface area contributed by atoms with Gasteiger partial charge in [0.15, 0.2) is 11.5 Å². The number of aromatic nitrogens is 2. The summed E-state index contributed by atoms with van der Waals surface area (Å²) in [5.41, 5.74) is 2.28. The lowest BCUT2D eigenvalue weighted by Gasteiger charge is -2.33. The zero-order valence-corrected chi connectivity index (χ0v) is 20.4. The van der Waals surface area contributed by atoms with Crippen LogP contribution in [-0.2, 0) is 4.79 Å². The lowest BCUT2D eigenvalue weighted by molar-refractivity contribution is -0.125. The molecule has 8 nitrogen and oxygen atoms in total. The summed E-state index contributed by atoms with van der Waals surface area (Å²) in [4.78, 5) is 35.7. The number of benzene rings is 1. The van der Waals surface area contributed by atoms with Crippen LogP contribution < -0.4 is 25.2 Å². The minimum atomic E-state index is -0.158. The molecule has 9 heteroatoms. The summed E-state index contributed by atoms with van der Waals surface area (Å²) in [6, 6.07) is 6.00. The quantitative estimate of drug-likeness (QED) is 0.552. The van der Waals surface area contributed by atoms with Gasteiger partial charge in [-0.2, -0.15) is 0 Å². The number of rotatable bonds is 6. The Kier molecular flexibility index (Phi) is 6.45. The van der Waals surface area contributed by atoms with E-state index in [9.17, 15) is 9.59 Å². The first-order valence-corrected chi connectivity index (χ1v) is 12.7. The minimum absolute atomic E-state index is 0.0943. The normalized spacial score (nSPS) is 18.9. The highest BCUT2D eigenvalue weighted by Crippen LogP contribution is 2.37. The fraction of sp³-hybridized carbons (Fsp3) is 0.480. The molecule has 2 aromatic heterocycles. The van der Waals surface area contributed by atoms with Gasteiger partial charge < -0.3 is 19.7 Å². The molecular weight excluding hydrogens is 452 g/mol. The summed E-state index contributed by atoms with van der Waals surface area (Å²) >= 11 is 1.38. The number of carbonyl (C=O) groups excluding carboxylic acids is 1. The topological polar surface area (TPSA) is 96.6 Å². The third-order valence-corrected chi connectivity index (χ3v) is 7.87. The maximum atomic E-state index is 12.9. The first-order chi connectivity index (χ1) is 16.6. The van der Waals surface area contributed by atoms with E-state index in [-0.39, 0.29) is 17.4 Å². The van der Waals surface area contributed by atoms with Crippen molar-refractivity contribution in [1.82, 2.24) is 15.3 Å². The molecule has 2 fully saturated rings. The van der Waals surface area contributed by atoms with Crippen molar-refractivity contribution < 1.29 is 14.3 Å². The Labute approximate surface area is 202 Å². The van der Waals surface area contributed by atoms with Gasteiger partial charge in [0.2, 0.25) is 11.9 Å². The average molecular weight is 483 g/mol. The number of thiophene rings is 1. The van der Waals surface area contributed by atoms with Gasteiger partial charge in [-0.15, -0.1) is 11.3 Å². The van der Waals surface area contributed by atoms with Crippen LogP contribution in [0, 0.1) is 5.92 Å². The van der Waals surface area contributed by atoms with E-state index in [2.05, 4.69) is 10.3 Å². The Hall–Kier alpha value is -3.07. The first kappa shape index (κ1) is 22.7. The number of piperidine rings is 1. The Morgan fingerprint density at radius 1 is 1.15 bits per heavy atom. The lowest BCUT2D eigenvalue weighted by atomic mass is 9.97. The molecule has 5 rings (SSSR count). The van der Waals surface area contributed by atoms with E-state index in [1.54, 1.807) is 14.2 Å². The van der Waals surface area contributed by atoms with Gasteiger partial charge in [-0.1, -0.05) is 18.9 Å². The molecule has 34 heavy (non-hydrogen) atoms. The molecule has 1 aliphatic heterocycles. The highest BCUT2D eigenvalue weighted by atomic mass is 32.1. The number of hydrogen-bond acceptors (Lipinski definition) is 7. The van der Waals surface area contributed by atoms with E-state index >= 15 is 0 Å². The number of ether oxygens (including phenoxy) is 2. The number of methoxy groups -OCH3 is 2. The summed E-state index contributed by atoms with van der Waals surface area (Å²) in [6.45, 7) is 1.32. The van der Waals surface area contributed by atoms with E-state index in [1.807, 2.05) is 28.5 Å². The zero-order valence-electron chi connectivity index (χ0n) is 19.6. The molecule has 1 amide bonds. The van der Waals surface area contributed by atoms with Crippen LogP contribution in [0.2, 0.25) is 0 Å². The maximum Gasteiger partial charge on any atom is 0.270 e. The third kappa shape index (κ3) is 4.36. The molecule has 1 saturated heterocycles. The van der Waals surface area contributed by atoms with Gasteiger partial charge in [0.05, 0.1) is 25.7 Å². The molecule has 1 unspecified atom stereocenters. The number of nitrogens with zero attached hydrogens (tertiary/aromatic N) is 2. The van der Waals surface area contributed by atoms with Gasteiger partial charge in [0, 0.05) is 30.1 Å². The van der Waals surface area contributed by atoms with Crippen LogP contribution in [0.1, 0.15) is 38.5 Å². The van der Waals surface area contributed by atoms with Gasteiger partial charge in [-0.25, -0.2) is 4.98 Å². The summed E-state index contributed by atoms with van der Waals surface area (Å²) < 4.78 is 11.4. The van der Waals surface area contributed by atoms with Crippen molar-refractivity contribution in [2.45, 2.75) is 44.6 Å². The molecule has 1 aromatic carbocycles. The van der Waals surface area contributed by atoms with Gasteiger partial charge in [0.25, 0.3) is 5.56 Å². The standard InChI is InChI=1S/C25H30N4O4S/c1-32-19-10-9-15(12-20(19)33-2)18-14-34-22-21(18)27-25(28-24(22)31)29-11-5-6-16(13-29)23(30)26-17-7-3-4-8-17/h9-10,12,14,16-17H,3-8,11,13H2,1-2H3,(H,26,30)(H,27,28,31). The Morgan fingerprint density at radius 3 is 2.71 bits per heavy atom. The van der Waals surface area contributed by atoms with Crippen molar-refractivity contribution in [3.63, 3.8) is 0 Å². The highest BCUT2D eigenvalue weighted by molar-refractivity contribution is 7.17. The Morgan fingerprint density at radius 2 is 1.94 bits per heavy atom. The highest BCUT2D eigenvalue weighted by Gasteiger charge is 2.29. The summed E-state index contributed by atoms with van der Waals surface area (Å²) in [5.74, 6) is 1.82. The van der Waals surface area contributed by atoms with Crippen molar-refractivity contribution in [2.75, 3.05) is 32.2 Å². The molecule has 3 heterocycles. The molecule has 1 atom stereocenters. The molecule has 0 radical (unpaired) electrons. The van der Waals surface area contributed by atoms with Crippen molar-refractivity contribution in [1.29, 1.82) is 0 Å². The molecule has 2 aliphatic rings. The second-order valence-electron chi connectivity index (χ2n) is 9.06. The van der Waals surface area contributed by atoms with Gasteiger partial charge in [-0.05, 0) is 43.4 Å². The van der Waals surface area contributed by atoms with Crippen LogP contribution in [0.3, 0.4) is 0 Å². The van der Waals surface area contributed by atoms with E-state index in [4.69, 9.17) is 14.5 Å². The van der Waals surface area contributed by atoms with Crippen molar-refractivity contribution in [3.05, 3.63) is 33.9 Å². The number of H-pyrrole nitrogens is 1. The zero-order chi connectivity index (χ0) is 23.7. The van der Waals surface area contributed by atoms with Gasteiger partial charge >= 0.3 is 0 Å². The van der Waals surface area contributed by atoms with Crippen molar-refractivity contribution in [3.8, 4) is 22.6 Å². The number of amides is 1. The average Bonchev–Trinajstić information content (AvgIpc) is 3.54. The van der Waals surface area contributed by atoms with E-state index in [0.29, 0.717) is 40.3 Å². The largest absolute Gasteiger partial charge is 0.493 e. The fourth-order valence-corrected chi connectivity index (χ4v) is 5.96. The van der Waals surface area contributed by atoms with Crippen LogP contribution in [0.4, 0.5) is 5.95 Å². The smallest absolute Gasteiger partial charge is 0.270 e. The fourth-order valence-electron chi connectivity index (χ4n) is 5.05. The molecule has 0 bridgehead atoms. The van der Waals surface area contributed by atoms with Crippen LogP contribution in [0.15, 0.2) is 28.4 Å². The first-order valence-electron chi connectivity index (χ1n) is 11.9. The molecule has 1 saturated carbocycles. The lowest BCUT2D eigenvalue weighted by Crippen LogP contribution is -2.46. The Balaban J connectivity index is 1.43. The summed E-state index contributed by atoms with van der Waals surface area (Å²) in [5, 5.41) is 5.18. The summed E-state index contributed by atoms with van der Waals surface area (Å²) in [7, 11) is 3.20. The molecular formula is C25H30N4O4S.